The van der Waals surface area contributed by atoms with E-state index in [1.54, 1.807) is 32.9 Å². The van der Waals surface area contributed by atoms with Gasteiger partial charge in [-0.15, -0.1) is 0 Å². The van der Waals surface area contributed by atoms with Gasteiger partial charge in [0.05, 0.1) is 16.0 Å². The third kappa shape index (κ3) is 14.1. The molecule has 0 atom stereocenters. The second kappa shape index (κ2) is 28.8. The van der Waals surface area contributed by atoms with Gasteiger partial charge >= 0.3 is 17.9 Å². The minimum atomic E-state index is -0.425. The van der Waals surface area contributed by atoms with Crippen LogP contribution in [0.25, 0.3) is 44.1 Å². The van der Waals surface area contributed by atoms with E-state index < -0.39 is 10.9 Å². The number of oxime groups is 3. The minimum Gasteiger partial charge on any atom is -0.342 e. The molecule has 3 heterocycles. The molecule has 0 unspecified atom stereocenters. The van der Waals surface area contributed by atoms with Crippen LogP contribution in [0.4, 0.5) is 5.69 Å². The normalized spacial score (nSPS) is 11.5. The van der Waals surface area contributed by atoms with Crippen LogP contribution in [0.3, 0.4) is 0 Å². The molecule has 0 aliphatic heterocycles. The molecule has 0 spiro atoms. The van der Waals surface area contributed by atoms with E-state index in [0.717, 1.165) is 84.0 Å². The molecule has 3 aromatic heterocycles. The first-order valence-corrected chi connectivity index (χ1v) is 28.7. The highest BCUT2D eigenvalue weighted by Crippen LogP contribution is 2.31. The van der Waals surface area contributed by atoms with Crippen LogP contribution < -0.4 is 0 Å². The number of hydrogen-bond acceptors (Lipinski definition) is 11. The summed E-state index contributed by atoms with van der Waals surface area (Å²) in [6, 6.07) is 80.0. The van der Waals surface area contributed by atoms with Crippen molar-refractivity contribution in [2.75, 3.05) is 0 Å². The number of nitro benzene ring substituents is 1. The van der Waals surface area contributed by atoms with Gasteiger partial charge in [-0.3, -0.25) is 10.1 Å². The van der Waals surface area contributed by atoms with Crippen LogP contribution in [0.1, 0.15) is 79.0 Å². The quantitative estimate of drug-likeness (QED) is 0.0375. The highest BCUT2D eigenvalue weighted by Gasteiger charge is 2.21. The van der Waals surface area contributed by atoms with Crippen LogP contribution in [0.5, 0.6) is 0 Å². The number of aromatic nitrogens is 3. The van der Waals surface area contributed by atoms with Gasteiger partial charge in [0, 0.05) is 123 Å². The molecule has 15 heteroatoms. The lowest BCUT2D eigenvalue weighted by Gasteiger charge is -2.06. The Kier molecular flexibility index (Phi) is 19.5. The van der Waals surface area contributed by atoms with Gasteiger partial charge in [0.15, 0.2) is 0 Å². The van der Waals surface area contributed by atoms with Crippen molar-refractivity contribution in [3.05, 3.63) is 316 Å². The first-order chi connectivity index (χ1) is 43.1. The van der Waals surface area contributed by atoms with Crippen molar-refractivity contribution in [3.8, 4) is 11.4 Å². The smallest absolute Gasteiger partial charge is 0.334 e. The lowest BCUT2D eigenvalue weighted by Crippen LogP contribution is -2.07. The van der Waals surface area contributed by atoms with Crippen molar-refractivity contribution in [1.29, 1.82) is 0 Å². The van der Waals surface area contributed by atoms with Crippen LogP contribution in [-0.2, 0) is 35.4 Å². The molecule has 0 radical (unpaired) electrons. The third-order valence-electron chi connectivity index (χ3n) is 14.3. The van der Waals surface area contributed by atoms with E-state index in [1.807, 2.05) is 193 Å². The maximum Gasteiger partial charge on any atom is 0.334 e. The zero-order valence-corrected chi connectivity index (χ0v) is 48.6. The Labute approximate surface area is 508 Å². The second-order valence-electron chi connectivity index (χ2n) is 20.0. The maximum atomic E-state index is 11.8. The fraction of sp³-hybridized carbons (Fsp3) is 0.0959. The predicted octanol–water partition coefficient (Wildman–Crippen LogP) is 16.0. The molecular weight excluding hydrogens is 1100 g/mol. The number of fused-ring (bicyclic) bond motifs is 3. The molecule has 0 N–H and O–H groups in total. The van der Waals surface area contributed by atoms with Gasteiger partial charge in [-0.25, -0.2) is 14.4 Å². The van der Waals surface area contributed by atoms with Crippen LogP contribution in [0, 0.1) is 10.1 Å². The van der Waals surface area contributed by atoms with Crippen molar-refractivity contribution in [2.24, 2.45) is 15.5 Å². The molecule has 0 saturated carbocycles. The Morgan fingerprint density at radius 1 is 0.386 bits per heavy atom. The zero-order chi connectivity index (χ0) is 61.2. The van der Waals surface area contributed by atoms with E-state index in [1.165, 1.54) is 17.7 Å². The number of carbonyl (C=O) groups excluding carboxylic acids is 3. The summed E-state index contributed by atoms with van der Waals surface area (Å²) in [6.45, 7) is 5.96. The molecule has 436 valence electrons. The lowest BCUT2D eigenvalue weighted by atomic mass is 10.0. The van der Waals surface area contributed by atoms with Crippen molar-refractivity contribution < 1.29 is 33.8 Å². The SMILES string of the molecule is CCC(=O)O/N=C(\c1ccccc1)c1cn(-c2ccc([N+](=O)[O-])cc2)c2ccccc12.CCC(=O)O/N=C(\c1ccccc1)c1cn(-c2ccccc2)c2ccccc12.CCC(=O)O/N=C(\c1ccccc1)c1cn(Cc2ccccc2)c2ccccc12. The van der Waals surface area contributed by atoms with E-state index in [-0.39, 0.29) is 36.9 Å². The van der Waals surface area contributed by atoms with Crippen LogP contribution >= 0.6 is 0 Å². The summed E-state index contributed by atoms with van der Waals surface area (Å²) in [7, 11) is 0. The number of non-ortho nitro benzene ring substituents is 1. The zero-order valence-electron chi connectivity index (χ0n) is 48.6. The Bertz CT molecular complexity index is 4460. The third-order valence-corrected chi connectivity index (χ3v) is 14.3. The van der Waals surface area contributed by atoms with Crippen molar-refractivity contribution >= 4 is 73.4 Å². The molecular formula is C73H61N7O8. The number of nitro groups is 1. The highest BCUT2D eigenvalue weighted by molar-refractivity contribution is 6.21. The van der Waals surface area contributed by atoms with E-state index in [4.69, 9.17) is 14.5 Å². The van der Waals surface area contributed by atoms with Crippen LogP contribution in [0.2, 0.25) is 0 Å². The van der Waals surface area contributed by atoms with Crippen LogP contribution in [-0.4, -0.2) is 53.7 Å². The number of benzene rings is 9. The Morgan fingerprint density at radius 2 is 0.705 bits per heavy atom. The summed E-state index contributed by atoms with van der Waals surface area (Å²) < 4.78 is 6.28. The van der Waals surface area contributed by atoms with E-state index in [2.05, 4.69) is 79.3 Å². The highest BCUT2D eigenvalue weighted by atomic mass is 16.7. The standard InChI is InChI=1S/C25H22N2O2.C24H19N3O4.C24H20N2O2/c1-2-24(28)29-26-25(20-13-7-4-8-14-20)22-18-27(17-19-11-5-3-6-12-19)23-16-10-9-15-21(22)23;1-2-23(28)31-25-24(17-8-4-3-5-9-17)21-16-26(22-11-7-6-10-20(21)22)18-12-14-19(15-13-18)27(29)30;1-2-23(27)28-25-24(18-11-5-3-6-12-18)21-17-26(19-13-7-4-8-14-19)22-16-10-9-15-20(21)22/h3-16,18H,2,17H2,1H3;3-16H,2H2,1H3;3-17H,2H2,1H3/b26-25+;2*25-24+. The number of para-hydroxylation sites is 4. The topological polar surface area (TPSA) is 174 Å². The van der Waals surface area contributed by atoms with E-state index in [0.29, 0.717) is 17.1 Å². The van der Waals surface area contributed by atoms with E-state index in [9.17, 15) is 24.5 Å². The van der Waals surface area contributed by atoms with Crippen molar-refractivity contribution in [3.63, 3.8) is 0 Å². The molecule has 0 saturated heterocycles. The van der Waals surface area contributed by atoms with Gasteiger partial charge in [0.1, 0.15) is 17.1 Å². The molecule has 9 aromatic carbocycles. The molecule has 0 aliphatic carbocycles. The minimum absolute atomic E-state index is 0.0263. The Morgan fingerprint density at radius 3 is 1.09 bits per heavy atom. The molecule has 0 amide bonds. The summed E-state index contributed by atoms with van der Waals surface area (Å²) >= 11 is 0. The second-order valence-corrected chi connectivity index (χ2v) is 20.0. The first-order valence-electron chi connectivity index (χ1n) is 28.7. The number of nitrogens with zero attached hydrogens (tertiary/aromatic N) is 7. The number of carbonyl (C=O) groups is 3. The van der Waals surface area contributed by atoms with Crippen molar-refractivity contribution in [2.45, 2.75) is 46.6 Å². The van der Waals surface area contributed by atoms with Gasteiger partial charge in [-0.2, -0.15) is 0 Å². The predicted molar refractivity (Wildman–Crippen MR) is 346 cm³/mol. The largest absolute Gasteiger partial charge is 0.342 e. The number of hydrogen-bond donors (Lipinski definition) is 0. The van der Waals surface area contributed by atoms with Gasteiger partial charge in [-0.1, -0.05) is 230 Å². The molecule has 0 bridgehead atoms. The van der Waals surface area contributed by atoms with Gasteiger partial charge < -0.3 is 28.2 Å². The fourth-order valence-corrected chi connectivity index (χ4v) is 9.88. The summed E-state index contributed by atoms with van der Waals surface area (Å²) in [5.74, 6) is -1.14. The summed E-state index contributed by atoms with van der Waals surface area (Å²) in [6.07, 6.45) is 6.81. The molecule has 0 fully saturated rings. The molecule has 12 aromatic rings. The number of rotatable bonds is 17. The fourth-order valence-electron chi connectivity index (χ4n) is 9.88. The van der Waals surface area contributed by atoms with E-state index >= 15 is 0 Å². The first kappa shape index (κ1) is 59.6. The lowest BCUT2D eigenvalue weighted by molar-refractivity contribution is -0.384. The summed E-state index contributed by atoms with van der Waals surface area (Å²) in [4.78, 5) is 61.3. The Hall–Kier alpha value is -11.6. The molecule has 0 aliphatic rings. The molecule has 88 heavy (non-hydrogen) atoms. The Balaban J connectivity index is 0.000000146. The average molecular weight is 1160 g/mol. The van der Waals surface area contributed by atoms with Crippen LogP contribution in [0.15, 0.2) is 283 Å². The molecule has 12 rings (SSSR count). The maximum absolute atomic E-state index is 11.8. The average Bonchev–Trinajstić information content (AvgIpc) is 1.85. The summed E-state index contributed by atoms with van der Waals surface area (Å²) in [5.41, 5.74) is 13.2. The van der Waals surface area contributed by atoms with Gasteiger partial charge in [0.25, 0.3) is 5.69 Å². The summed E-state index contributed by atoms with van der Waals surface area (Å²) in [5, 5.41) is 26.7. The molecule has 15 nitrogen and oxygen atoms in total. The van der Waals surface area contributed by atoms with Crippen molar-refractivity contribution in [1.82, 2.24) is 13.7 Å². The monoisotopic (exact) mass is 1160 g/mol. The van der Waals surface area contributed by atoms with Gasteiger partial charge in [0.2, 0.25) is 0 Å². The van der Waals surface area contributed by atoms with Gasteiger partial charge in [-0.05, 0) is 48.0 Å².